The van der Waals surface area contributed by atoms with E-state index in [-0.39, 0.29) is 5.91 Å². The maximum atomic E-state index is 11.5. The molecule has 0 bridgehead atoms. The molecule has 0 aromatic carbocycles. The lowest BCUT2D eigenvalue weighted by molar-refractivity contribution is 0.0314. The van der Waals surface area contributed by atoms with Crippen molar-refractivity contribution in [2.75, 3.05) is 6.61 Å². The molecule has 1 aromatic rings. The molecule has 1 aromatic heterocycles. The summed E-state index contributed by atoms with van der Waals surface area (Å²) >= 11 is 0. The molecule has 1 rings (SSSR count). The van der Waals surface area contributed by atoms with Crippen molar-refractivity contribution in [1.29, 1.82) is 0 Å². The zero-order valence-corrected chi connectivity index (χ0v) is 12.4. The maximum Gasteiger partial charge on any atom is 0.276 e. The molecule has 1 N–H and O–H groups in total. The molecule has 18 heavy (non-hydrogen) atoms. The first kappa shape index (κ1) is 18.9. The van der Waals surface area contributed by atoms with Crippen molar-refractivity contribution in [3.63, 3.8) is 0 Å². The average Bonchev–Trinajstić information content (AvgIpc) is 2.44. The molecular weight excluding hydrogens is 228 g/mol. The molecule has 0 radical (unpaired) electrons. The van der Waals surface area contributed by atoms with Crippen LogP contribution >= 0.6 is 0 Å². The minimum absolute atomic E-state index is 0.246. The van der Waals surface area contributed by atoms with Gasteiger partial charge in [-0.3, -0.25) is 14.6 Å². The summed E-state index contributed by atoms with van der Waals surface area (Å²) in [6.07, 6.45) is 2.52. The Kier molecular flexibility index (Phi) is 14.4. The molecule has 0 aliphatic rings. The number of hydrogen-bond donors (Lipinski definition) is 1. The summed E-state index contributed by atoms with van der Waals surface area (Å²) in [6.45, 7) is 12.3. The van der Waals surface area contributed by atoms with Gasteiger partial charge in [-0.15, -0.1) is 0 Å². The van der Waals surface area contributed by atoms with Gasteiger partial charge in [-0.2, -0.15) is 0 Å². The fourth-order valence-electron chi connectivity index (χ4n) is 0.998. The molecule has 0 spiro atoms. The van der Waals surface area contributed by atoms with Gasteiger partial charge in [-0.05, 0) is 25.5 Å². The molecule has 0 saturated heterocycles. The van der Waals surface area contributed by atoms with Gasteiger partial charge in [0.15, 0.2) is 0 Å². The molecular formula is C14H26N2O2. The Balaban J connectivity index is 0. The van der Waals surface area contributed by atoms with Crippen LogP contribution in [0.5, 0.6) is 0 Å². The third kappa shape index (κ3) is 7.79. The Bertz CT molecular complexity index is 314. The number of hydroxylamine groups is 1. The predicted octanol–water partition coefficient (Wildman–Crippen LogP) is 3.51. The Morgan fingerprint density at radius 3 is 2.44 bits per heavy atom. The third-order valence-electron chi connectivity index (χ3n) is 1.72. The zero-order chi connectivity index (χ0) is 14.4. The van der Waals surface area contributed by atoms with Crippen LogP contribution in [0, 0.1) is 6.92 Å². The molecule has 0 unspecified atom stereocenters. The van der Waals surface area contributed by atoms with E-state index in [1.807, 2.05) is 34.6 Å². The van der Waals surface area contributed by atoms with Crippen LogP contribution < -0.4 is 5.48 Å². The van der Waals surface area contributed by atoms with Gasteiger partial charge in [0.1, 0.15) is 0 Å². The van der Waals surface area contributed by atoms with Crippen LogP contribution in [0.3, 0.4) is 0 Å². The fourth-order valence-corrected chi connectivity index (χ4v) is 0.998. The third-order valence-corrected chi connectivity index (χ3v) is 1.72. The second-order valence-corrected chi connectivity index (χ2v) is 2.92. The second-order valence-electron chi connectivity index (χ2n) is 2.92. The van der Waals surface area contributed by atoms with Crippen LogP contribution in [-0.4, -0.2) is 17.5 Å². The zero-order valence-electron chi connectivity index (χ0n) is 12.4. The number of aromatic nitrogens is 1. The summed E-state index contributed by atoms with van der Waals surface area (Å²) in [4.78, 5) is 20.4. The van der Waals surface area contributed by atoms with Crippen molar-refractivity contribution in [2.24, 2.45) is 0 Å². The first-order valence-corrected chi connectivity index (χ1v) is 6.59. The molecule has 1 heterocycles. The van der Waals surface area contributed by atoms with Gasteiger partial charge in [0.2, 0.25) is 0 Å². The standard InChI is InChI=1S/C10H14N2O2.2C2H6/c1-3-7-14-12-10(13)9-5-4-6-11-8(9)2;2*1-2/h4-6H,3,7H2,1-2H3,(H,12,13);2*1-2H3. The molecule has 0 saturated carbocycles. The first-order chi connectivity index (χ1) is 8.75. The van der Waals surface area contributed by atoms with Gasteiger partial charge in [0.25, 0.3) is 5.91 Å². The van der Waals surface area contributed by atoms with E-state index >= 15 is 0 Å². The van der Waals surface area contributed by atoms with E-state index in [4.69, 9.17) is 4.84 Å². The van der Waals surface area contributed by atoms with E-state index in [1.165, 1.54) is 0 Å². The predicted molar refractivity (Wildman–Crippen MR) is 75.4 cm³/mol. The summed E-state index contributed by atoms with van der Waals surface area (Å²) in [7, 11) is 0. The lowest BCUT2D eigenvalue weighted by Gasteiger charge is -2.05. The Labute approximate surface area is 111 Å². The highest BCUT2D eigenvalue weighted by molar-refractivity contribution is 5.94. The Morgan fingerprint density at radius 2 is 1.94 bits per heavy atom. The Hall–Kier alpha value is -1.42. The molecule has 4 nitrogen and oxygen atoms in total. The van der Waals surface area contributed by atoms with Crippen LogP contribution in [0.2, 0.25) is 0 Å². The summed E-state index contributed by atoms with van der Waals surface area (Å²) in [5, 5.41) is 0. The van der Waals surface area contributed by atoms with E-state index in [9.17, 15) is 4.79 Å². The summed E-state index contributed by atoms with van der Waals surface area (Å²) < 4.78 is 0. The highest BCUT2D eigenvalue weighted by Crippen LogP contribution is 2.02. The van der Waals surface area contributed by atoms with Crippen LogP contribution in [0.15, 0.2) is 18.3 Å². The van der Waals surface area contributed by atoms with Crippen LogP contribution in [0.25, 0.3) is 0 Å². The number of amides is 1. The first-order valence-electron chi connectivity index (χ1n) is 6.59. The smallest absolute Gasteiger partial charge is 0.273 e. The van der Waals surface area contributed by atoms with Gasteiger partial charge < -0.3 is 0 Å². The molecule has 104 valence electrons. The van der Waals surface area contributed by atoms with E-state index in [1.54, 1.807) is 25.3 Å². The lowest BCUT2D eigenvalue weighted by Crippen LogP contribution is -2.25. The van der Waals surface area contributed by atoms with Gasteiger partial charge >= 0.3 is 0 Å². The summed E-state index contributed by atoms with van der Waals surface area (Å²) in [5.41, 5.74) is 3.61. The summed E-state index contributed by atoms with van der Waals surface area (Å²) in [5.74, 6) is -0.246. The highest BCUT2D eigenvalue weighted by atomic mass is 16.6. The van der Waals surface area contributed by atoms with Crippen molar-refractivity contribution >= 4 is 5.91 Å². The quantitative estimate of drug-likeness (QED) is 0.660. The molecule has 0 atom stereocenters. The Morgan fingerprint density at radius 1 is 1.33 bits per heavy atom. The average molecular weight is 254 g/mol. The number of hydrogen-bond acceptors (Lipinski definition) is 3. The van der Waals surface area contributed by atoms with Crippen molar-refractivity contribution in [2.45, 2.75) is 48.0 Å². The topological polar surface area (TPSA) is 51.2 Å². The van der Waals surface area contributed by atoms with Crippen LogP contribution in [0.4, 0.5) is 0 Å². The van der Waals surface area contributed by atoms with E-state index in [0.717, 1.165) is 6.42 Å². The van der Waals surface area contributed by atoms with Crippen molar-refractivity contribution in [1.82, 2.24) is 10.5 Å². The number of nitrogens with zero attached hydrogens (tertiary/aromatic N) is 1. The molecule has 1 amide bonds. The number of aryl methyl sites for hydroxylation is 1. The molecule has 0 aliphatic heterocycles. The van der Waals surface area contributed by atoms with E-state index < -0.39 is 0 Å². The monoisotopic (exact) mass is 254 g/mol. The van der Waals surface area contributed by atoms with Crippen LogP contribution in [-0.2, 0) is 4.84 Å². The van der Waals surface area contributed by atoms with Crippen LogP contribution in [0.1, 0.15) is 57.1 Å². The fraction of sp³-hybridized carbons (Fsp3) is 0.571. The molecule has 4 heteroatoms. The largest absolute Gasteiger partial charge is 0.276 e. The number of pyridine rings is 1. The van der Waals surface area contributed by atoms with Crippen molar-refractivity contribution < 1.29 is 9.63 Å². The number of carbonyl (C=O) groups is 1. The second kappa shape index (κ2) is 13.6. The van der Waals surface area contributed by atoms with Gasteiger partial charge in [-0.1, -0.05) is 34.6 Å². The lowest BCUT2D eigenvalue weighted by atomic mass is 10.2. The van der Waals surface area contributed by atoms with E-state index in [0.29, 0.717) is 17.9 Å². The number of rotatable bonds is 4. The number of nitrogens with one attached hydrogen (secondary N) is 1. The highest BCUT2D eigenvalue weighted by Gasteiger charge is 2.07. The molecule has 0 aliphatic carbocycles. The normalized spacial score (nSPS) is 8.33. The van der Waals surface area contributed by atoms with Crippen molar-refractivity contribution in [3.05, 3.63) is 29.6 Å². The summed E-state index contributed by atoms with van der Waals surface area (Å²) in [6, 6.07) is 3.44. The molecule has 0 fully saturated rings. The van der Waals surface area contributed by atoms with Gasteiger partial charge in [0.05, 0.1) is 17.9 Å². The number of carbonyl (C=O) groups excluding carboxylic acids is 1. The van der Waals surface area contributed by atoms with Gasteiger partial charge in [0, 0.05) is 6.20 Å². The van der Waals surface area contributed by atoms with E-state index in [2.05, 4.69) is 10.5 Å². The van der Waals surface area contributed by atoms with Gasteiger partial charge in [-0.25, -0.2) is 5.48 Å². The minimum Gasteiger partial charge on any atom is -0.273 e. The minimum atomic E-state index is -0.246. The maximum absolute atomic E-state index is 11.5. The SMILES string of the molecule is CC.CC.CCCONC(=O)c1cccnc1C. The van der Waals surface area contributed by atoms with Crippen molar-refractivity contribution in [3.8, 4) is 0 Å².